The number of carbonyl (C=O) groups excluding carboxylic acids is 1. The molecule has 2 N–H and O–H groups in total. The minimum atomic E-state index is -0.290. The van der Waals surface area contributed by atoms with E-state index >= 15 is 0 Å². The summed E-state index contributed by atoms with van der Waals surface area (Å²) in [5, 5.41) is 6.46. The van der Waals surface area contributed by atoms with Gasteiger partial charge in [-0.3, -0.25) is 4.79 Å². The van der Waals surface area contributed by atoms with Crippen LogP contribution in [0.15, 0.2) is 48.5 Å². The van der Waals surface area contributed by atoms with E-state index in [4.69, 9.17) is 12.2 Å². The number of benzene rings is 2. The number of halogens is 1. The maximum atomic E-state index is 12.9. The smallest absolute Gasteiger partial charge is 0.227 e. The second kappa shape index (κ2) is 6.75. The van der Waals surface area contributed by atoms with Crippen LogP contribution >= 0.6 is 12.2 Å². The summed E-state index contributed by atoms with van der Waals surface area (Å²) in [7, 11) is 0. The van der Waals surface area contributed by atoms with E-state index < -0.39 is 0 Å². The highest BCUT2D eigenvalue weighted by Gasteiger charge is 2.21. The molecule has 23 heavy (non-hydrogen) atoms. The van der Waals surface area contributed by atoms with E-state index in [1.807, 2.05) is 24.3 Å². The number of rotatable bonds is 3. The third-order valence-electron chi connectivity index (χ3n) is 3.61. The predicted octanol–water partition coefficient (Wildman–Crippen LogP) is 3.76. The van der Waals surface area contributed by atoms with Gasteiger partial charge in [-0.15, -0.1) is 0 Å². The third kappa shape index (κ3) is 3.84. The van der Waals surface area contributed by atoms with Crippen molar-refractivity contribution in [3.63, 3.8) is 0 Å². The van der Waals surface area contributed by atoms with Gasteiger partial charge in [-0.25, -0.2) is 4.39 Å². The highest BCUT2D eigenvalue weighted by Crippen LogP contribution is 2.23. The van der Waals surface area contributed by atoms with Crippen LogP contribution in [0.4, 0.5) is 21.5 Å². The molecule has 1 heterocycles. The van der Waals surface area contributed by atoms with Crippen LogP contribution in [0.3, 0.4) is 0 Å². The fraction of sp³-hybridized carbons (Fsp3) is 0.176. The van der Waals surface area contributed by atoms with Gasteiger partial charge in [0.05, 0.1) is 0 Å². The van der Waals surface area contributed by atoms with Crippen molar-refractivity contribution < 1.29 is 9.18 Å². The van der Waals surface area contributed by atoms with Crippen LogP contribution in [0.1, 0.15) is 12.8 Å². The van der Waals surface area contributed by atoms with E-state index in [-0.39, 0.29) is 11.7 Å². The summed E-state index contributed by atoms with van der Waals surface area (Å²) in [5.74, 6) is -0.124. The minimum Gasteiger partial charge on any atom is -0.332 e. The quantitative estimate of drug-likeness (QED) is 0.842. The van der Waals surface area contributed by atoms with E-state index in [0.29, 0.717) is 17.2 Å². The Balaban J connectivity index is 1.60. The lowest BCUT2D eigenvalue weighted by atomic mass is 10.2. The number of carbonyl (C=O) groups is 1. The fourth-order valence-electron chi connectivity index (χ4n) is 2.47. The molecule has 1 aliphatic rings. The van der Waals surface area contributed by atoms with Crippen molar-refractivity contribution in [3.8, 4) is 0 Å². The van der Waals surface area contributed by atoms with Crippen molar-refractivity contribution in [2.75, 3.05) is 22.1 Å². The van der Waals surface area contributed by atoms with E-state index in [0.717, 1.165) is 24.3 Å². The number of anilines is 3. The molecule has 1 fully saturated rings. The second-order valence-electron chi connectivity index (χ2n) is 5.28. The summed E-state index contributed by atoms with van der Waals surface area (Å²) in [5.41, 5.74) is 2.43. The third-order valence-corrected chi connectivity index (χ3v) is 3.82. The minimum absolute atomic E-state index is 0.166. The van der Waals surface area contributed by atoms with Crippen LogP contribution in [0, 0.1) is 5.82 Å². The summed E-state index contributed by atoms with van der Waals surface area (Å²) >= 11 is 5.23. The first-order valence-corrected chi connectivity index (χ1v) is 7.77. The molecule has 118 valence electrons. The highest BCUT2D eigenvalue weighted by molar-refractivity contribution is 7.80. The number of hydrogen-bond donors (Lipinski definition) is 2. The van der Waals surface area contributed by atoms with Crippen LogP contribution < -0.4 is 15.5 Å². The molecule has 1 saturated heterocycles. The maximum Gasteiger partial charge on any atom is 0.227 e. The Morgan fingerprint density at radius 2 is 1.57 bits per heavy atom. The average molecular weight is 329 g/mol. The molecule has 6 heteroatoms. The van der Waals surface area contributed by atoms with E-state index in [9.17, 15) is 9.18 Å². The zero-order valence-corrected chi connectivity index (χ0v) is 13.2. The van der Waals surface area contributed by atoms with Crippen molar-refractivity contribution in [2.45, 2.75) is 12.8 Å². The Kier molecular flexibility index (Phi) is 4.52. The predicted molar refractivity (Wildman–Crippen MR) is 94.3 cm³/mol. The van der Waals surface area contributed by atoms with Crippen molar-refractivity contribution in [2.24, 2.45) is 0 Å². The zero-order valence-electron chi connectivity index (χ0n) is 12.4. The number of hydrogen-bond acceptors (Lipinski definition) is 2. The lowest BCUT2D eigenvalue weighted by molar-refractivity contribution is -0.117. The monoisotopic (exact) mass is 329 g/mol. The van der Waals surface area contributed by atoms with Crippen LogP contribution in [0.25, 0.3) is 0 Å². The van der Waals surface area contributed by atoms with Crippen LogP contribution in [-0.4, -0.2) is 17.6 Å². The number of nitrogens with zero attached hydrogens (tertiary/aromatic N) is 1. The summed E-state index contributed by atoms with van der Waals surface area (Å²) in [6.07, 6.45) is 1.52. The topological polar surface area (TPSA) is 44.4 Å². The Hall–Kier alpha value is -2.47. The van der Waals surface area contributed by atoms with Gasteiger partial charge in [-0.1, -0.05) is 0 Å². The van der Waals surface area contributed by atoms with Crippen molar-refractivity contribution >= 4 is 40.3 Å². The van der Waals surface area contributed by atoms with E-state index in [1.54, 1.807) is 17.0 Å². The molecule has 0 bridgehead atoms. The molecule has 3 rings (SSSR count). The molecule has 0 unspecified atom stereocenters. The normalized spacial score (nSPS) is 14.0. The van der Waals surface area contributed by atoms with Gasteiger partial charge < -0.3 is 15.5 Å². The van der Waals surface area contributed by atoms with E-state index in [1.165, 1.54) is 12.1 Å². The SMILES string of the molecule is O=C1CCCN1c1ccc(NC(=S)Nc2ccc(F)cc2)cc1. The first kappa shape index (κ1) is 15.4. The fourth-order valence-corrected chi connectivity index (χ4v) is 2.71. The molecular weight excluding hydrogens is 313 g/mol. The molecule has 0 spiro atoms. The number of amides is 1. The summed E-state index contributed by atoms with van der Waals surface area (Å²) < 4.78 is 12.9. The Labute approximate surface area is 139 Å². The molecular formula is C17H16FN3OS. The van der Waals surface area contributed by atoms with Crippen molar-refractivity contribution in [1.82, 2.24) is 0 Å². The lowest BCUT2D eigenvalue weighted by Gasteiger charge is -2.16. The molecule has 2 aromatic carbocycles. The van der Waals surface area contributed by atoms with Gasteiger partial charge in [-0.2, -0.15) is 0 Å². The first-order valence-electron chi connectivity index (χ1n) is 7.36. The van der Waals surface area contributed by atoms with Gasteiger partial charge in [0.25, 0.3) is 0 Å². The molecule has 2 aromatic rings. The molecule has 4 nitrogen and oxygen atoms in total. The first-order chi connectivity index (χ1) is 11.1. The molecule has 0 aromatic heterocycles. The number of thiocarbonyl (C=S) groups is 1. The Morgan fingerprint density at radius 3 is 2.09 bits per heavy atom. The molecule has 1 aliphatic heterocycles. The number of nitrogens with one attached hydrogen (secondary N) is 2. The Morgan fingerprint density at radius 1 is 1.00 bits per heavy atom. The van der Waals surface area contributed by atoms with Crippen LogP contribution in [-0.2, 0) is 4.79 Å². The zero-order chi connectivity index (χ0) is 16.2. The van der Waals surface area contributed by atoms with Gasteiger partial charge in [0.2, 0.25) is 5.91 Å². The van der Waals surface area contributed by atoms with Gasteiger partial charge in [-0.05, 0) is 67.2 Å². The van der Waals surface area contributed by atoms with Gasteiger partial charge in [0, 0.05) is 30.0 Å². The van der Waals surface area contributed by atoms with Gasteiger partial charge in [0.15, 0.2) is 5.11 Å². The maximum absolute atomic E-state index is 12.9. The van der Waals surface area contributed by atoms with Gasteiger partial charge in [0.1, 0.15) is 5.82 Å². The van der Waals surface area contributed by atoms with Crippen molar-refractivity contribution in [3.05, 3.63) is 54.3 Å². The summed E-state index contributed by atoms with van der Waals surface area (Å²) in [4.78, 5) is 13.5. The van der Waals surface area contributed by atoms with Crippen molar-refractivity contribution in [1.29, 1.82) is 0 Å². The highest BCUT2D eigenvalue weighted by atomic mass is 32.1. The van der Waals surface area contributed by atoms with Crippen LogP contribution in [0.2, 0.25) is 0 Å². The van der Waals surface area contributed by atoms with Gasteiger partial charge >= 0.3 is 0 Å². The molecule has 0 aliphatic carbocycles. The summed E-state index contributed by atoms with van der Waals surface area (Å²) in [6.45, 7) is 0.774. The second-order valence-corrected chi connectivity index (χ2v) is 5.69. The standard InChI is InChI=1S/C17H16FN3OS/c18-12-3-5-13(6-4-12)19-17(23)20-14-7-9-15(10-8-14)21-11-1-2-16(21)22/h3-10H,1-2,11H2,(H2,19,20,23). The van der Waals surface area contributed by atoms with E-state index in [2.05, 4.69) is 10.6 Å². The largest absolute Gasteiger partial charge is 0.332 e. The Bertz CT molecular complexity index is 716. The van der Waals surface area contributed by atoms with Crippen LogP contribution in [0.5, 0.6) is 0 Å². The average Bonchev–Trinajstić information content (AvgIpc) is 2.96. The molecule has 0 saturated carbocycles. The molecule has 0 atom stereocenters. The molecule has 0 radical (unpaired) electrons. The lowest BCUT2D eigenvalue weighted by Crippen LogP contribution is -2.23. The molecule has 1 amide bonds. The summed E-state index contributed by atoms with van der Waals surface area (Å²) in [6, 6.07) is 13.5.